The van der Waals surface area contributed by atoms with Crippen molar-refractivity contribution in [2.24, 2.45) is 0 Å². The van der Waals surface area contributed by atoms with Crippen molar-refractivity contribution in [3.8, 4) is 5.75 Å². The highest BCUT2D eigenvalue weighted by Gasteiger charge is 2.29. The van der Waals surface area contributed by atoms with Crippen LogP contribution in [0.2, 0.25) is 5.02 Å². The number of carbonyl (C=O) groups excluding carboxylic acids is 2. The van der Waals surface area contributed by atoms with Crippen molar-refractivity contribution < 1.29 is 14.3 Å². The van der Waals surface area contributed by atoms with E-state index < -0.39 is 5.25 Å². The van der Waals surface area contributed by atoms with Crippen molar-refractivity contribution >= 4 is 40.9 Å². The summed E-state index contributed by atoms with van der Waals surface area (Å²) in [6.45, 7) is 3.20. The van der Waals surface area contributed by atoms with Gasteiger partial charge in [0.15, 0.2) is 0 Å². The van der Waals surface area contributed by atoms with E-state index >= 15 is 0 Å². The molecule has 28 heavy (non-hydrogen) atoms. The van der Waals surface area contributed by atoms with Gasteiger partial charge < -0.3 is 15.4 Å². The number of rotatable bonds is 8. The molecule has 0 aliphatic carbocycles. The number of thioether (sulfide) groups is 1. The molecule has 0 aromatic heterocycles. The Labute approximate surface area is 174 Å². The largest absolute Gasteiger partial charge is 0.494 e. The zero-order chi connectivity index (χ0) is 19.9. The van der Waals surface area contributed by atoms with Gasteiger partial charge in [0.1, 0.15) is 5.75 Å². The van der Waals surface area contributed by atoms with Crippen LogP contribution in [0, 0.1) is 0 Å². The minimum atomic E-state index is -0.461. The van der Waals surface area contributed by atoms with Crippen LogP contribution in [0.25, 0.3) is 0 Å². The molecular weight excluding hydrogens is 396 g/mol. The van der Waals surface area contributed by atoms with Crippen LogP contribution in [0.3, 0.4) is 0 Å². The standard InChI is InChI=1S/C21H23ClN2O3S/c1-2-3-9-27-16-6-4-5-14(10-16)13-23-20(25)12-19-21(26)24-17-11-15(22)7-8-18(17)28-19/h4-8,10-11,19H,2-3,9,12-13H2,1H3,(H,23,25)(H,24,26). The third-order valence-electron chi connectivity index (χ3n) is 4.29. The Kier molecular flexibility index (Phi) is 7.23. The smallest absolute Gasteiger partial charge is 0.238 e. The molecule has 0 radical (unpaired) electrons. The molecule has 2 N–H and O–H groups in total. The molecule has 3 rings (SSSR count). The molecule has 148 valence electrons. The van der Waals surface area contributed by atoms with Gasteiger partial charge in [-0.15, -0.1) is 11.8 Å². The maximum atomic E-state index is 12.3. The van der Waals surface area contributed by atoms with E-state index in [1.807, 2.05) is 30.3 Å². The van der Waals surface area contributed by atoms with Crippen LogP contribution >= 0.6 is 23.4 Å². The van der Waals surface area contributed by atoms with Crippen LogP contribution < -0.4 is 15.4 Å². The van der Waals surface area contributed by atoms with E-state index in [0.717, 1.165) is 29.1 Å². The van der Waals surface area contributed by atoms with Gasteiger partial charge in [0, 0.05) is 22.9 Å². The van der Waals surface area contributed by atoms with E-state index in [1.165, 1.54) is 11.8 Å². The first-order valence-corrected chi connectivity index (χ1v) is 10.6. The monoisotopic (exact) mass is 418 g/mol. The second-order valence-electron chi connectivity index (χ2n) is 6.57. The van der Waals surface area contributed by atoms with Gasteiger partial charge in [0.2, 0.25) is 11.8 Å². The van der Waals surface area contributed by atoms with Gasteiger partial charge in [0.25, 0.3) is 0 Å². The Bertz CT molecular complexity index is 859. The summed E-state index contributed by atoms with van der Waals surface area (Å²) in [6.07, 6.45) is 2.21. The predicted molar refractivity (Wildman–Crippen MR) is 113 cm³/mol. The van der Waals surface area contributed by atoms with E-state index in [-0.39, 0.29) is 18.2 Å². The summed E-state index contributed by atoms with van der Waals surface area (Å²) in [5.74, 6) is 0.460. The SMILES string of the molecule is CCCCOc1cccc(CNC(=O)CC2Sc3ccc(Cl)cc3NC2=O)c1. The molecule has 0 fully saturated rings. The number of ether oxygens (including phenoxy) is 1. The number of fused-ring (bicyclic) bond motifs is 1. The first-order valence-electron chi connectivity index (χ1n) is 9.30. The van der Waals surface area contributed by atoms with Gasteiger partial charge in [-0.1, -0.05) is 37.1 Å². The molecular formula is C21H23ClN2O3S. The Morgan fingerprint density at radius 2 is 2.14 bits per heavy atom. The lowest BCUT2D eigenvalue weighted by atomic mass is 10.2. The summed E-state index contributed by atoms with van der Waals surface area (Å²) in [5, 5.41) is 5.81. The van der Waals surface area contributed by atoms with Crippen molar-refractivity contribution in [1.82, 2.24) is 5.32 Å². The number of hydrogen-bond acceptors (Lipinski definition) is 4. The highest BCUT2D eigenvalue weighted by Crippen LogP contribution is 2.38. The zero-order valence-electron chi connectivity index (χ0n) is 15.7. The average Bonchev–Trinajstić information content (AvgIpc) is 2.68. The van der Waals surface area contributed by atoms with Crippen LogP contribution in [0.1, 0.15) is 31.7 Å². The summed E-state index contributed by atoms with van der Waals surface area (Å²) in [4.78, 5) is 25.5. The van der Waals surface area contributed by atoms with E-state index in [2.05, 4.69) is 17.6 Å². The van der Waals surface area contributed by atoms with Gasteiger partial charge in [-0.3, -0.25) is 9.59 Å². The summed E-state index contributed by atoms with van der Waals surface area (Å²) >= 11 is 7.34. The van der Waals surface area contributed by atoms with E-state index in [4.69, 9.17) is 16.3 Å². The molecule has 1 atom stereocenters. The van der Waals surface area contributed by atoms with E-state index in [0.29, 0.717) is 23.9 Å². The molecule has 2 aromatic rings. The second-order valence-corrected chi connectivity index (χ2v) is 8.25. The van der Waals surface area contributed by atoms with Crippen LogP contribution in [-0.4, -0.2) is 23.7 Å². The Hall–Kier alpha value is -2.18. The highest BCUT2D eigenvalue weighted by atomic mass is 35.5. The lowest BCUT2D eigenvalue weighted by Crippen LogP contribution is -2.34. The quantitative estimate of drug-likeness (QED) is 0.613. The molecule has 0 saturated carbocycles. The van der Waals surface area contributed by atoms with E-state index in [9.17, 15) is 9.59 Å². The molecule has 7 heteroatoms. The van der Waals surface area contributed by atoms with Crippen LogP contribution in [0.15, 0.2) is 47.4 Å². The number of amides is 2. The van der Waals surface area contributed by atoms with Crippen LogP contribution in [-0.2, 0) is 16.1 Å². The normalized spacial score (nSPS) is 15.5. The number of anilines is 1. The topological polar surface area (TPSA) is 67.4 Å². The summed E-state index contributed by atoms with van der Waals surface area (Å²) in [7, 11) is 0. The molecule has 0 bridgehead atoms. The third-order valence-corrected chi connectivity index (χ3v) is 5.80. The van der Waals surface area contributed by atoms with Gasteiger partial charge >= 0.3 is 0 Å². The van der Waals surface area contributed by atoms with Gasteiger partial charge in [-0.2, -0.15) is 0 Å². The van der Waals surface area contributed by atoms with Gasteiger partial charge in [-0.25, -0.2) is 0 Å². The molecule has 1 heterocycles. The summed E-state index contributed by atoms with van der Waals surface area (Å²) in [5.41, 5.74) is 1.65. The molecule has 5 nitrogen and oxygen atoms in total. The number of hydrogen-bond donors (Lipinski definition) is 2. The fraction of sp³-hybridized carbons (Fsp3) is 0.333. The first-order chi connectivity index (χ1) is 13.5. The molecule has 0 saturated heterocycles. The van der Waals surface area contributed by atoms with Crippen molar-refractivity contribution in [1.29, 1.82) is 0 Å². The molecule has 1 aliphatic heterocycles. The van der Waals surface area contributed by atoms with Crippen LogP contribution in [0.4, 0.5) is 5.69 Å². The number of nitrogens with one attached hydrogen (secondary N) is 2. The number of halogens is 1. The zero-order valence-corrected chi connectivity index (χ0v) is 17.2. The molecule has 1 aliphatic rings. The lowest BCUT2D eigenvalue weighted by molar-refractivity contribution is -0.124. The predicted octanol–water partition coefficient (Wildman–Crippen LogP) is 4.64. The first kappa shape index (κ1) is 20.6. The van der Waals surface area contributed by atoms with Crippen molar-refractivity contribution in [2.75, 3.05) is 11.9 Å². The number of unbranched alkanes of at least 4 members (excludes halogenated alkanes) is 1. The second kappa shape index (κ2) is 9.85. The number of carbonyl (C=O) groups is 2. The average molecular weight is 419 g/mol. The Morgan fingerprint density at radius 1 is 1.29 bits per heavy atom. The lowest BCUT2D eigenvalue weighted by Gasteiger charge is -2.23. The van der Waals surface area contributed by atoms with Crippen LogP contribution in [0.5, 0.6) is 5.75 Å². The summed E-state index contributed by atoms with van der Waals surface area (Å²) < 4.78 is 5.69. The number of benzene rings is 2. The van der Waals surface area contributed by atoms with Crippen molar-refractivity contribution in [3.05, 3.63) is 53.1 Å². The van der Waals surface area contributed by atoms with Crippen molar-refractivity contribution in [2.45, 2.75) is 42.9 Å². The Balaban J connectivity index is 1.51. The summed E-state index contributed by atoms with van der Waals surface area (Å²) in [6, 6.07) is 13.0. The maximum Gasteiger partial charge on any atom is 0.238 e. The fourth-order valence-electron chi connectivity index (χ4n) is 2.78. The van der Waals surface area contributed by atoms with Gasteiger partial charge in [0.05, 0.1) is 17.5 Å². The Morgan fingerprint density at radius 3 is 2.96 bits per heavy atom. The molecule has 2 aromatic carbocycles. The maximum absolute atomic E-state index is 12.3. The minimum Gasteiger partial charge on any atom is -0.494 e. The molecule has 2 amide bonds. The van der Waals surface area contributed by atoms with Crippen molar-refractivity contribution in [3.63, 3.8) is 0 Å². The molecule has 1 unspecified atom stereocenters. The van der Waals surface area contributed by atoms with Gasteiger partial charge in [-0.05, 0) is 42.3 Å². The molecule has 0 spiro atoms. The minimum absolute atomic E-state index is 0.116. The fourth-order valence-corrected chi connectivity index (χ4v) is 4.04. The van der Waals surface area contributed by atoms with E-state index in [1.54, 1.807) is 12.1 Å². The third kappa shape index (κ3) is 5.66. The highest BCUT2D eigenvalue weighted by molar-refractivity contribution is 8.01.